The number of carbonyl (C=O) groups is 3. The zero-order valence-electron chi connectivity index (χ0n) is 14.5. The molecule has 7 heteroatoms. The van der Waals surface area contributed by atoms with Crippen molar-refractivity contribution in [1.82, 2.24) is 9.13 Å². The van der Waals surface area contributed by atoms with Gasteiger partial charge in [-0.2, -0.15) is 0 Å². The summed E-state index contributed by atoms with van der Waals surface area (Å²) in [6, 6.07) is -0.388. The Hall–Kier alpha value is -0.956. The first-order chi connectivity index (χ1) is 9.34. The summed E-state index contributed by atoms with van der Waals surface area (Å²) in [4.78, 5) is 38.8. The van der Waals surface area contributed by atoms with Crippen molar-refractivity contribution in [2.45, 2.75) is 66.0 Å². The van der Waals surface area contributed by atoms with Gasteiger partial charge in [-0.1, -0.05) is 53.1 Å². The molecule has 0 aliphatic carbocycles. The van der Waals surface area contributed by atoms with Crippen molar-refractivity contribution in [2.24, 2.45) is 5.41 Å². The molecule has 5 nitrogen and oxygen atoms in total. The molecule has 1 fully saturated rings. The fourth-order valence-electron chi connectivity index (χ4n) is 2.83. The highest BCUT2D eigenvalue weighted by molar-refractivity contribution is 6.82. The first kappa shape index (κ1) is 18.1. The van der Waals surface area contributed by atoms with Gasteiger partial charge in [-0.05, 0) is 12.8 Å². The fraction of sp³-hybridized carbons (Fsp3) is 0.786. The Balaban J connectivity index is 3.57. The highest BCUT2D eigenvalue weighted by Gasteiger charge is 2.59. The van der Waals surface area contributed by atoms with Gasteiger partial charge in [-0.15, -0.1) is 0 Å². The third-order valence-corrected chi connectivity index (χ3v) is 7.63. The van der Waals surface area contributed by atoms with Crippen molar-refractivity contribution in [3.8, 4) is 0 Å². The summed E-state index contributed by atoms with van der Waals surface area (Å²) in [6.45, 7) is 15.5. The van der Waals surface area contributed by atoms with Crippen LogP contribution in [0.3, 0.4) is 0 Å². The fourth-order valence-corrected chi connectivity index (χ4v) is 5.93. The van der Waals surface area contributed by atoms with Crippen LogP contribution in [0.15, 0.2) is 0 Å². The van der Waals surface area contributed by atoms with Crippen LogP contribution in [0, 0.1) is 5.41 Å². The molecule has 120 valence electrons. The summed E-state index contributed by atoms with van der Waals surface area (Å²) in [5, 5.41) is 0. The molecule has 1 saturated heterocycles. The van der Waals surface area contributed by atoms with Crippen LogP contribution < -0.4 is 0 Å². The number of urea groups is 1. The normalized spacial score (nSPS) is 20.3. The lowest BCUT2D eigenvalue weighted by molar-refractivity contribution is -0.153. The van der Waals surface area contributed by atoms with Crippen LogP contribution in [-0.2, 0) is 9.59 Å². The van der Waals surface area contributed by atoms with Crippen LogP contribution in [0.5, 0.6) is 0 Å². The minimum Gasteiger partial charge on any atom is -0.294 e. The quantitative estimate of drug-likeness (QED) is 0.588. The standard InChI is InChI=1S/C14H28N2O3Si2/c1-9-14(10-2)11(17)15(20(3,4)5)13(19)16(12(14)18)21(6,7)8/h9-10H2,1-8H3. The lowest BCUT2D eigenvalue weighted by Gasteiger charge is -2.51. The summed E-state index contributed by atoms with van der Waals surface area (Å²) in [6.07, 6.45) is 0.882. The summed E-state index contributed by atoms with van der Waals surface area (Å²) >= 11 is 0. The van der Waals surface area contributed by atoms with Gasteiger partial charge in [-0.25, -0.2) is 4.79 Å². The predicted molar refractivity (Wildman–Crippen MR) is 88.8 cm³/mol. The molecular formula is C14H28N2O3Si2. The molecule has 0 bridgehead atoms. The Bertz CT molecular complexity index is 436. The topological polar surface area (TPSA) is 57.7 Å². The molecule has 0 unspecified atom stereocenters. The second kappa shape index (κ2) is 5.35. The highest BCUT2D eigenvalue weighted by Crippen LogP contribution is 2.39. The van der Waals surface area contributed by atoms with E-state index in [1.807, 2.05) is 53.1 Å². The van der Waals surface area contributed by atoms with E-state index in [1.54, 1.807) is 0 Å². The summed E-state index contributed by atoms with van der Waals surface area (Å²) in [5.41, 5.74) is -1.06. The van der Waals surface area contributed by atoms with Crippen LogP contribution in [0.2, 0.25) is 39.3 Å². The van der Waals surface area contributed by atoms with Gasteiger partial charge in [0.15, 0.2) is 16.5 Å². The highest BCUT2D eigenvalue weighted by atomic mass is 28.3. The zero-order chi connectivity index (χ0) is 16.8. The Labute approximate surface area is 129 Å². The van der Waals surface area contributed by atoms with Gasteiger partial charge in [0.25, 0.3) is 0 Å². The Morgan fingerprint density at radius 3 is 1.24 bits per heavy atom. The maximum Gasteiger partial charge on any atom is 0.317 e. The van der Waals surface area contributed by atoms with Crippen LogP contribution >= 0.6 is 0 Å². The van der Waals surface area contributed by atoms with Crippen molar-refractivity contribution in [1.29, 1.82) is 0 Å². The van der Waals surface area contributed by atoms with Crippen molar-refractivity contribution in [3.05, 3.63) is 0 Å². The van der Waals surface area contributed by atoms with Crippen molar-refractivity contribution in [3.63, 3.8) is 0 Å². The molecule has 0 atom stereocenters. The SMILES string of the molecule is CCC1(CC)C(=O)N([Si](C)(C)C)C(=O)N([Si](C)(C)C)C1=O. The molecular weight excluding hydrogens is 300 g/mol. The third-order valence-electron chi connectivity index (χ3n) is 4.16. The summed E-state index contributed by atoms with van der Waals surface area (Å²) in [5.74, 6) is -0.563. The largest absolute Gasteiger partial charge is 0.317 e. The maximum atomic E-state index is 13.0. The summed E-state index contributed by atoms with van der Waals surface area (Å²) < 4.78 is 2.86. The first-order valence-corrected chi connectivity index (χ1v) is 14.5. The zero-order valence-corrected chi connectivity index (χ0v) is 16.5. The molecule has 1 rings (SSSR count). The second-order valence-electron chi connectivity index (χ2n) is 7.69. The predicted octanol–water partition coefficient (Wildman–Crippen LogP) is 3.25. The van der Waals surface area contributed by atoms with E-state index in [2.05, 4.69) is 0 Å². The first-order valence-electron chi connectivity index (χ1n) is 7.58. The molecule has 1 aliphatic heterocycles. The second-order valence-corrected chi connectivity index (χ2v) is 17.3. The average molecular weight is 329 g/mol. The lowest BCUT2D eigenvalue weighted by Crippen LogP contribution is -2.74. The molecule has 0 spiro atoms. The number of nitrogens with zero attached hydrogens (tertiary/aromatic N) is 2. The van der Waals surface area contributed by atoms with Gasteiger partial charge in [0.1, 0.15) is 5.41 Å². The number of amides is 4. The average Bonchev–Trinajstić information content (AvgIpc) is 2.26. The van der Waals surface area contributed by atoms with Gasteiger partial charge in [0, 0.05) is 0 Å². The molecule has 0 N–H and O–H groups in total. The Kier molecular flexibility index (Phi) is 4.61. The van der Waals surface area contributed by atoms with E-state index in [-0.39, 0.29) is 17.8 Å². The van der Waals surface area contributed by atoms with Crippen molar-refractivity contribution < 1.29 is 14.4 Å². The lowest BCUT2D eigenvalue weighted by atomic mass is 9.79. The van der Waals surface area contributed by atoms with Crippen molar-refractivity contribution >= 4 is 34.3 Å². The van der Waals surface area contributed by atoms with Gasteiger partial charge in [0.05, 0.1) is 0 Å². The molecule has 1 heterocycles. The monoisotopic (exact) mass is 328 g/mol. The molecule has 4 amide bonds. The molecule has 0 saturated carbocycles. The number of barbiturate groups is 1. The van der Waals surface area contributed by atoms with E-state index < -0.39 is 21.9 Å². The summed E-state index contributed by atoms with van der Waals surface area (Å²) in [7, 11) is -4.38. The van der Waals surface area contributed by atoms with Gasteiger partial charge in [0.2, 0.25) is 11.8 Å². The smallest absolute Gasteiger partial charge is 0.294 e. The van der Waals surface area contributed by atoms with E-state index in [0.717, 1.165) is 0 Å². The van der Waals surface area contributed by atoms with Crippen molar-refractivity contribution in [2.75, 3.05) is 0 Å². The van der Waals surface area contributed by atoms with Gasteiger partial charge >= 0.3 is 6.03 Å². The molecule has 0 aromatic heterocycles. The number of imide groups is 2. The van der Waals surface area contributed by atoms with Gasteiger partial charge < -0.3 is 0 Å². The van der Waals surface area contributed by atoms with Crippen LogP contribution in [0.25, 0.3) is 0 Å². The van der Waals surface area contributed by atoms with E-state index >= 15 is 0 Å². The van der Waals surface area contributed by atoms with Crippen LogP contribution in [0.1, 0.15) is 26.7 Å². The van der Waals surface area contributed by atoms with E-state index in [9.17, 15) is 14.4 Å². The molecule has 21 heavy (non-hydrogen) atoms. The van der Waals surface area contributed by atoms with E-state index in [1.165, 1.54) is 9.13 Å². The van der Waals surface area contributed by atoms with E-state index in [4.69, 9.17) is 0 Å². The number of carbonyl (C=O) groups excluding carboxylic acids is 3. The van der Waals surface area contributed by atoms with E-state index in [0.29, 0.717) is 12.8 Å². The molecule has 0 aromatic carbocycles. The van der Waals surface area contributed by atoms with Crippen LogP contribution in [0.4, 0.5) is 4.79 Å². The number of rotatable bonds is 4. The molecule has 0 radical (unpaired) electrons. The number of hydrogen-bond acceptors (Lipinski definition) is 3. The molecule has 1 aliphatic rings. The Morgan fingerprint density at radius 1 is 0.762 bits per heavy atom. The number of hydrogen-bond donors (Lipinski definition) is 0. The minimum absolute atomic E-state index is 0.281. The van der Waals surface area contributed by atoms with Gasteiger partial charge in [-0.3, -0.25) is 18.7 Å². The minimum atomic E-state index is -2.19. The molecule has 0 aromatic rings. The maximum absolute atomic E-state index is 13.0. The Morgan fingerprint density at radius 2 is 1.05 bits per heavy atom. The van der Waals surface area contributed by atoms with Crippen LogP contribution in [-0.4, -0.2) is 43.4 Å². The third kappa shape index (κ3) is 2.73.